The molecule has 0 radical (unpaired) electrons. The molecule has 0 aromatic rings. The fraction of sp³-hybridized carbons (Fsp3) is 1.00. The first-order valence-electron chi connectivity index (χ1n) is 8.35. The van der Waals surface area contributed by atoms with Gasteiger partial charge >= 0.3 is 0 Å². The van der Waals surface area contributed by atoms with Crippen LogP contribution in [0.1, 0.15) is 58.3 Å². The first-order valence-corrected chi connectivity index (χ1v) is 9.96. The number of rotatable bonds is 7. The lowest BCUT2D eigenvalue weighted by Crippen LogP contribution is -2.50. The fourth-order valence-corrected chi connectivity index (χ4v) is 5.56. The van der Waals surface area contributed by atoms with E-state index in [0.717, 1.165) is 45.3 Å². The molecular formula is C15H30N2O2S. The Balaban J connectivity index is 1.87. The molecule has 1 aliphatic carbocycles. The molecule has 2 aliphatic rings. The van der Waals surface area contributed by atoms with Crippen LogP contribution in [0, 0.1) is 5.92 Å². The number of nitrogens with one attached hydrogen (secondary N) is 1. The normalized spacial score (nSPS) is 28.2. The summed E-state index contributed by atoms with van der Waals surface area (Å²) in [4.78, 5) is 0. The SMILES string of the molecule is CCCNCCCS(=O)(=O)N1CCC[C@H]2CCCC[C@H]21. The zero-order chi connectivity index (χ0) is 14.4. The first kappa shape index (κ1) is 16.2. The predicted molar refractivity (Wildman–Crippen MR) is 83.3 cm³/mol. The van der Waals surface area contributed by atoms with Crippen molar-refractivity contribution in [2.75, 3.05) is 25.4 Å². The van der Waals surface area contributed by atoms with Crippen molar-refractivity contribution in [2.24, 2.45) is 5.92 Å². The third-order valence-electron chi connectivity index (χ3n) is 4.73. The lowest BCUT2D eigenvalue weighted by atomic mass is 9.79. The fourth-order valence-electron chi connectivity index (χ4n) is 3.72. The van der Waals surface area contributed by atoms with E-state index in [0.29, 0.717) is 17.7 Å². The molecule has 2 fully saturated rings. The molecule has 4 nitrogen and oxygen atoms in total. The zero-order valence-electron chi connectivity index (χ0n) is 12.8. The van der Waals surface area contributed by atoms with Crippen LogP contribution >= 0.6 is 0 Å². The van der Waals surface area contributed by atoms with Gasteiger partial charge in [-0.3, -0.25) is 0 Å². The minimum absolute atomic E-state index is 0.311. The molecule has 1 aliphatic heterocycles. The van der Waals surface area contributed by atoms with Crippen molar-refractivity contribution in [1.82, 2.24) is 9.62 Å². The highest BCUT2D eigenvalue weighted by atomic mass is 32.2. The molecule has 2 rings (SSSR count). The highest BCUT2D eigenvalue weighted by Crippen LogP contribution is 2.36. The van der Waals surface area contributed by atoms with Crippen LogP contribution in [-0.4, -0.2) is 44.2 Å². The van der Waals surface area contributed by atoms with Gasteiger partial charge in [-0.05, 0) is 57.5 Å². The number of piperidine rings is 1. The summed E-state index contributed by atoms with van der Waals surface area (Å²) >= 11 is 0. The van der Waals surface area contributed by atoms with E-state index in [4.69, 9.17) is 0 Å². The molecule has 2 atom stereocenters. The van der Waals surface area contributed by atoms with Crippen molar-refractivity contribution in [3.8, 4) is 0 Å². The quantitative estimate of drug-likeness (QED) is 0.735. The second-order valence-electron chi connectivity index (χ2n) is 6.28. The average Bonchev–Trinajstić information content (AvgIpc) is 2.46. The molecule has 0 spiro atoms. The van der Waals surface area contributed by atoms with Crippen molar-refractivity contribution >= 4 is 10.0 Å². The van der Waals surface area contributed by atoms with Gasteiger partial charge in [0.05, 0.1) is 5.75 Å². The van der Waals surface area contributed by atoms with Gasteiger partial charge in [0.2, 0.25) is 10.0 Å². The highest BCUT2D eigenvalue weighted by molar-refractivity contribution is 7.89. The van der Waals surface area contributed by atoms with Crippen molar-refractivity contribution in [1.29, 1.82) is 0 Å². The molecule has 1 saturated heterocycles. The molecule has 20 heavy (non-hydrogen) atoms. The summed E-state index contributed by atoms with van der Waals surface area (Å²) < 4.78 is 27.0. The minimum Gasteiger partial charge on any atom is -0.317 e. The molecule has 5 heteroatoms. The third kappa shape index (κ3) is 4.18. The highest BCUT2D eigenvalue weighted by Gasteiger charge is 2.38. The zero-order valence-corrected chi connectivity index (χ0v) is 13.6. The number of sulfonamides is 1. The van der Waals surface area contributed by atoms with E-state index in [1.807, 2.05) is 4.31 Å². The van der Waals surface area contributed by atoms with Crippen LogP contribution in [0.4, 0.5) is 0 Å². The van der Waals surface area contributed by atoms with E-state index < -0.39 is 10.0 Å². The molecule has 118 valence electrons. The standard InChI is InChI=1S/C15H30N2O2S/c1-2-10-16-11-6-13-20(18,19)17-12-5-8-14-7-3-4-9-15(14)17/h14-16H,2-13H2,1H3/t14-,15-/m1/s1. The molecule has 1 heterocycles. The Hall–Kier alpha value is -0.130. The predicted octanol–water partition coefficient (Wildman–Crippen LogP) is 2.36. The maximum atomic E-state index is 12.6. The van der Waals surface area contributed by atoms with Crippen molar-refractivity contribution in [3.63, 3.8) is 0 Å². The van der Waals surface area contributed by atoms with Crippen LogP contribution in [0.25, 0.3) is 0 Å². The van der Waals surface area contributed by atoms with Gasteiger partial charge in [-0.25, -0.2) is 8.42 Å². The van der Waals surface area contributed by atoms with E-state index in [9.17, 15) is 8.42 Å². The Kier molecular flexibility index (Phi) is 6.30. The van der Waals surface area contributed by atoms with Gasteiger partial charge < -0.3 is 5.32 Å². The van der Waals surface area contributed by atoms with Crippen LogP contribution < -0.4 is 5.32 Å². The molecular weight excluding hydrogens is 272 g/mol. The van der Waals surface area contributed by atoms with Crippen molar-refractivity contribution in [2.45, 2.75) is 64.3 Å². The molecule has 0 amide bonds. The Morgan fingerprint density at radius 3 is 2.65 bits per heavy atom. The maximum Gasteiger partial charge on any atom is 0.214 e. The Morgan fingerprint density at radius 1 is 1.10 bits per heavy atom. The Morgan fingerprint density at radius 2 is 1.85 bits per heavy atom. The largest absolute Gasteiger partial charge is 0.317 e. The first-order chi connectivity index (χ1) is 9.65. The molecule has 0 bridgehead atoms. The second kappa shape index (κ2) is 7.76. The van der Waals surface area contributed by atoms with Crippen molar-refractivity contribution < 1.29 is 8.42 Å². The number of hydrogen-bond donors (Lipinski definition) is 1. The summed E-state index contributed by atoms with van der Waals surface area (Å²) in [5.74, 6) is 0.943. The molecule has 0 aromatic heterocycles. The van der Waals surface area contributed by atoms with Crippen molar-refractivity contribution in [3.05, 3.63) is 0 Å². The second-order valence-corrected chi connectivity index (χ2v) is 8.33. The van der Waals surface area contributed by atoms with Gasteiger partial charge in [0.1, 0.15) is 0 Å². The molecule has 1 saturated carbocycles. The van der Waals surface area contributed by atoms with Crippen LogP contribution in [0.15, 0.2) is 0 Å². The Labute approximate surface area is 124 Å². The maximum absolute atomic E-state index is 12.6. The van der Waals surface area contributed by atoms with E-state index >= 15 is 0 Å². The van der Waals surface area contributed by atoms with Crippen LogP contribution in [0.2, 0.25) is 0 Å². The van der Waals surface area contributed by atoms with Gasteiger partial charge in [0.15, 0.2) is 0 Å². The summed E-state index contributed by atoms with van der Waals surface area (Å²) in [5.41, 5.74) is 0. The summed E-state index contributed by atoms with van der Waals surface area (Å²) in [6, 6.07) is 0.311. The molecule has 1 N–H and O–H groups in total. The summed E-state index contributed by atoms with van der Waals surface area (Å²) in [7, 11) is -3.05. The van der Waals surface area contributed by atoms with Gasteiger partial charge in [0, 0.05) is 12.6 Å². The van der Waals surface area contributed by atoms with Gasteiger partial charge in [-0.15, -0.1) is 0 Å². The third-order valence-corrected chi connectivity index (χ3v) is 6.70. The van der Waals surface area contributed by atoms with Gasteiger partial charge in [-0.2, -0.15) is 4.31 Å². The number of nitrogens with zero attached hydrogens (tertiary/aromatic N) is 1. The van der Waals surface area contributed by atoms with E-state index in [-0.39, 0.29) is 0 Å². The average molecular weight is 302 g/mol. The molecule has 0 aromatic carbocycles. The summed E-state index contributed by atoms with van der Waals surface area (Å²) in [6.45, 7) is 4.68. The van der Waals surface area contributed by atoms with E-state index in [1.165, 1.54) is 25.7 Å². The number of fused-ring (bicyclic) bond motifs is 1. The lowest BCUT2D eigenvalue weighted by Gasteiger charge is -2.43. The monoisotopic (exact) mass is 302 g/mol. The van der Waals surface area contributed by atoms with E-state index in [2.05, 4.69) is 12.2 Å². The number of hydrogen-bond acceptors (Lipinski definition) is 3. The van der Waals surface area contributed by atoms with Crippen LogP contribution in [-0.2, 0) is 10.0 Å². The van der Waals surface area contributed by atoms with Crippen LogP contribution in [0.3, 0.4) is 0 Å². The van der Waals surface area contributed by atoms with Gasteiger partial charge in [-0.1, -0.05) is 19.8 Å². The molecule has 0 unspecified atom stereocenters. The Bertz CT molecular complexity index is 381. The van der Waals surface area contributed by atoms with Gasteiger partial charge in [0.25, 0.3) is 0 Å². The summed E-state index contributed by atoms with van der Waals surface area (Å²) in [5, 5.41) is 3.28. The van der Waals surface area contributed by atoms with E-state index in [1.54, 1.807) is 0 Å². The minimum atomic E-state index is -3.05. The van der Waals surface area contributed by atoms with Crippen LogP contribution in [0.5, 0.6) is 0 Å². The smallest absolute Gasteiger partial charge is 0.214 e. The topological polar surface area (TPSA) is 49.4 Å². The summed E-state index contributed by atoms with van der Waals surface area (Å²) in [6.07, 6.45) is 8.91. The lowest BCUT2D eigenvalue weighted by molar-refractivity contribution is 0.129.